The lowest BCUT2D eigenvalue weighted by Gasteiger charge is -2.18. The molecule has 1 aromatic rings. The Hall–Kier alpha value is -2.77. The molecule has 0 heterocycles. The number of hydrogen-bond donors (Lipinski definition) is 0. The summed E-state index contributed by atoms with van der Waals surface area (Å²) in [6, 6.07) is 6.00. The van der Waals surface area contributed by atoms with Gasteiger partial charge >= 0.3 is 12.2 Å². The predicted molar refractivity (Wildman–Crippen MR) is 85.5 cm³/mol. The monoisotopic (exact) mass is 351 g/mol. The zero-order valence-electron chi connectivity index (χ0n) is 13.2. The number of nitrogens with zero attached hydrogens (tertiary/aromatic N) is 3. The van der Waals surface area contributed by atoms with E-state index in [1.54, 1.807) is 26.0 Å². The molecule has 8 nitrogen and oxygen atoms in total. The van der Waals surface area contributed by atoms with Crippen molar-refractivity contribution < 1.29 is 27.5 Å². The van der Waals surface area contributed by atoms with Crippen molar-refractivity contribution in [1.29, 1.82) is 0 Å². The third-order valence-electron chi connectivity index (χ3n) is 2.80. The summed E-state index contributed by atoms with van der Waals surface area (Å²) in [6.45, 7) is 2.91. The third-order valence-corrected chi connectivity index (χ3v) is 4.54. The van der Waals surface area contributed by atoms with Crippen molar-refractivity contribution in [3.63, 3.8) is 0 Å². The summed E-state index contributed by atoms with van der Waals surface area (Å²) in [5, 5.41) is 0. The highest BCUT2D eigenvalue weighted by molar-refractivity contribution is 7.89. The fourth-order valence-corrected chi connectivity index (χ4v) is 2.93. The summed E-state index contributed by atoms with van der Waals surface area (Å²) in [5.41, 5.74) is 9.24. The predicted octanol–water partition coefficient (Wildman–Crippen LogP) is 0.932. The van der Waals surface area contributed by atoms with Crippen LogP contribution in [0.5, 0.6) is 0 Å². The number of benzene rings is 1. The third kappa shape index (κ3) is 5.45. The van der Waals surface area contributed by atoms with Gasteiger partial charge in [-0.2, -0.15) is 4.79 Å². The summed E-state index contributed by atoms with van der Waals surface area (Å²) in [5.74, 6) is -1.51. The number of rotatable bonds is 8. The molecule has 1 aromatic carbocycles. The Morgan fingerprint density at radius 2 is 1.92 bits per heavy atom. The summed E-state index contributed by atoms with van der Waals surface area (Å²) in [7, 11) is -4.07. The molecule has 0 atom stereocenters. The molecule has 0 amide bonds. The first-order valence-electron chi connectivity index (χ1n) is 6.95. The summed E-state index contributed by atoms with van der Waals surface area (Å²) >= 11 is 0. The zero-order chi connectivity index (χ0) is 18.2. The second-order valence-corrected chi connectivity index (χ2v) is 6.53. The van der Waals surface area contributed by atoms with Gasteiger partial charge in [0, 0.05) is 12.3 Å². The standard InChI is InChI=1S/C15H17N3O5S/c1-3-23-15(20)8-9-18(11-13(19)10-17-16)24(21,22)14-6-4-12(2)5-7-14/h4-10H,3,11H2,1-2H3/b9-8+. The van der Waals surface area contributed by atoms with Crippen molar-refractivity contribution >= 4 is 28.0 Å². The first-order valence-corrected chi connectivity index (χ1v) is 8.39. The van der Waals surface area contributed by atoms with E-state index in [0.717, 1.165) is 17.8 Å². The van der Waals surface area contributed by atoms with Crippen molar-refractivity contribution in [2.45, 2.75) is 18.7 Å². The lowest BCUT2D eigenvalue weighted by Crippen LogP contribution is -2.32. The van der Waals surface area contributed by atoms with Crippen LogP contribution in [0.1, 0.15) is 12.5 Å². The number of carbonyl (C=O) groups excluding carboxylic acids is 2. The molecule has 0 unspecified atom stereocenters. The maximum Gasteiger partial charge on any atom is 0.332 e. The van der Waals surface area contributed by atoms with Gasteiger partial charge in [-0.15, -0.1) is 0 Å². The van der Waals surface area contributed by atoms with Crippen LogP contribution < -0.4 is 0 Å². The Balaban J connectivity index is 3.19. The molecule has 1 rings (SSSR count). The van der Waals surface area contributed by atoms with E-state index in [0.29, 0.717) is 10.5 Å². The normalized spacial score (nSPS) is 10.9. The minimum absolute atomic E-state index is 0.0460. The number of esters is 1. The second kappa shape index (κ2) is 8.76. The van der Waals surface area contributed by atoms with Crippen molar-refractivity contribution in [1.82, 2.24) is 4.31 Å². The molecule has 24 heavy (non-hydrogen) atoms. The Kier molecular flexibility index (Phi) is 7.03. The number of Topliss-reactive ketones (excluding diaryl/α,β-unsaturated/α-hetero) is 1. The van der Waals surface area contributed by atoms with E-state index < -0.39 is 28.3 Å². The lowest BCUT2D eigenvalue weighted by atomic mass is 10.2. The van der Waals surface area contributed by atoms with Crippen molar-refractivity contribution in [2.75, 3.05) is 13.2 Å². The largest absolute Gasteiger partial charge is 0.463 e. The van der Waals surface area contributed by atoms with Crippen LogP contribution in [0.3, 0.4) is 0 Å². The summed E-state index contributed by atoms with van der Waals surface area (Å²) < 4.78 is 30.6. The van der Waals surface area contributed by atoms with Gasteiger partial charge in [0.15, 0.2) is 0 Å². The molecule has 9 heteroatoms. The molecular weight excluding hydrogens is 334 g/mol. The Morgan fingerprint density at radius 3 is 2.46 bits per heavy atom. The number of ketones is 1. The van der Waals surface area contributed by atoms with Gasteiger partial charge < -0.3 is 10.3 Å². The Morgan fingerprint density at radius 1 is 1.29 bits per heavy atom. The van der Waals surface area contributed by atoms with Gasteiger partial charge in [-0.1, -0.05) is 17.7 Å². The van der Waals surface area contributed by atoms with E-state index in [1.807, 2.05) is 0 Å². The highest BCUT2D eigenvalue weighted by Crippen LogP contribution is 2.16. The van der Waals surface area contributed by atoms with Crippen LogP contribution in [0.15, 0.2) is 41.4 Å². The van der Waals surface area contributed by atoms with Crippen LogP contribution in [0, 0.1) is 6.92 Å². The van der Waals surface area contributed by atoms with Gasteiger partial charge in [0.25, 0.3) is 15.8 Å². The minimum Gasteiger partial charge on any atom is -0.463 e. The summed E-state index contributed by atoms with van der Waals surface area (Å²) in [6.07, 6.45) is 2.42. The van der Waals surface area contributed by atoms with E-state index >= 15 is 0 Å². The molecule has 0 bridgehead atoms. The minimum atomic E-state index is -4.07. The van der Waals surface area contributed by atoms with E-state index in [-0.39, 0.29) is 11.5 Å². The van der Waals surface area contributed by atoms with Crippen molar-refractivity contribution in [2.24, 2.45) is 0 Å². The number of ether oxygens (including phenoxy) is 1. The van der Waals surface area contributed by atoms with Gasteiger partial charge in [-0.25, -0.2) is 13.2 Å². The van der Waals surface area contributed by atoms with Gasteiger partial charge in [-0.3, -0.25) is 9.10 Å². The molecule has 0 aromatic heterocycles. The molecule has 0 aliphatic heterocycles. The molecule has 0 aliphatic carbocycles. The first kappa shape index (κ1) is 19.3. The van der Waals surface area contributed by atoms with E-state index in [1.165, 1.54) is 12.1 Å². The van der Waals surface area contributed by atoms with Gasteiger partial charge in [0.2, 0.25) is 0 Å². The average molecular weight is 351 g/mol. The van der Waals surface area contributed by atoms with E-state index in [9.17, 15) is 18.0 Å². The quantitative estimate of drug-likeness (QED) is 0.227. The summed E-state index contributed by atoms with van der Waals surface area (Å²) in [4.78, 5) is 25.5. The average Bonchev–Trinajstić information content (AvgIpc) is 2.52. The smallest absolute Gasteiger partial charge is 0.332 e. The highest BCUT2D eigenvalue weighted by Gasteiger charge is 2.24. The molecular formula is C15H17N3O5S. The molecule has 0 saturated heterocycles. The van der Waals surface area contributed by atoms with Crippen LogP contribution in [0.25, 0.3) is 5.53 Å². The maximum atomic E-state index is 12.6. The van der Waals surface area contributed by atoms with Gasteiger partial charge in [-0.05, 0) is 26.0 Å². The lowest BCUT2D eigenvalue weighted by molar-refractivity contribution is -0.137. The molecule has 0 aliphatic rings. The second-order valence-electron chi connectivity index (χ2n) is 4.64. The SMILES string of the molecule is CCOC(=O)/C=C/N(CC(=O)C=[N+]=[N-])S(=O)(=O)c1ccc(C)cc1. The van der Waals surface area contributed by atoms with Crippen LogP contribution in [-0.2, 0) is 24.3 Å². The maximum absolute atomic E-state index is 12.6. The molecule has 0 fully saturated rings. The number of hydrogen-bond acceptors (Lipinski definition) is 5. The van der Waals surface area contributed by atoms with Crippen LogP contribution >= 0.6 is 0 Å². The number of carbonyl (C=O) groups is 2. The van der Waals surface area contributed by atoms with Gasteiger partial charge in [0.05, 0.1) is 11.5 Å². The van der Waals surface area contributed by atoms with Gasteiger partial charge in [0.1, 0.15) is 6.54 Å². The van der Waals surface area contributed by atoms with E-state index in [4.69, 9.17) is 5.53 Å². The van der Waals surface area contributed by atoms with E-state index in [2.05, 4.69) is 9.53 Å². The Bertz CT molecular complexity index is 778. The number of aryl methyl sites for hydroxylation is 1. The Labute approximate surface area is 140 Å². The highest BCUT2D eigenvalue weighted by atomic mass is 32.2. The molecule has 128 valence electrons. The molecule has 0 N–H and O–H groups in total. The fourth-order valence-electron chi connectivity index (χ4n) is 1.66. The zero-order valence-corrected chi connectivity index (χ0v) is 14.1. The van der Waals surface area contributed by atoms with Crippen molar-refractivity contribution in [3.8, 4) is 0 Å². The topological polar surface area (TPSA) is 117 Å². The first-order chi connectivity index (χ1) is 11.3. The fraction of sp³-hybridized carbons (Fsp3) is 0.267. The molecule has 0 spiro atoms. The van der Waals surface area contributed by atoms with Crippen molar-refractivity contribution in [3.05, 3.63) is 47.6 Å². The van der Waals surface area contributed by atoms with Crippen LogP contribution in [0.2, 0.25) is 0 Å². The molecule has 0 saturated carbocycles. The van der Waals surface area contributed by atoms with Crippen LogP contribution in [0.4, 0.5) is 0 Å². The molecule has 0 radical (unpaired) electrons. The van der Waals surface area contributed by atoms with Crippen LogP contribution in [-0.4, -0.2) is 48.6 Å². The number of sulfonamides is 1.